The average molecular weight is 451 g/mol. The second-order valence-corrected chi connectivity index (χ2v) is 8.18. The van der Waals surface area contributed by atoms with Crippen molar-refractivity contribution in [3.63, 3.8) is 0 Å². The zero-order valence-corrected chi connectivity index (χ0v) is 18.8. The van der Waals surface area contributed by atoms with Gasteiger partial charge in [0.15, 0.2) is 0 Å². The maximum absolute atomic E-state index is 13.2. The molecule has 0 saturated heterocycles. The number of hydrogen-bond acceptors (Lipinski definition) is 5. The summed E-state index contributed by atoms with van der Waals surface area (Å²) >= 11 is 0. The standard InChI is InChI=1S/C26H27FN2O4/c1-18-5-3-4-6-20(18)16-28-12-11-22-25(26(31)32-2)23(15-24(30)29(22)14-13-28)33-17-19-7-9-21(27)10-8-19/h3-10,15H,11-14,16-17H2,1-2H3. The minimum absolute atomic E-state index is 0.104. The summed E-state index contributed by atoms with van der Waals surface area (Å²) in [6.07, 6.45) is 0.513. The third-order valence-electron chi connectivity index (χ3n) is 6.04. The first-order valence-corrected chi connectivity index (χ1v) is 11.0. The zero-order chi connectivity index (χ0) is 23.4. The average Bonchev–Trinajstić information content (AvgIpc) is 3.03. The van der Waals surface area contributed by atoms with Crippen LogP contribution in [-0.2, 0) is 30.9 Å². The van der Waals surface area contributed by atoms with Crippen LogP contribution in [0.3, 0.4) is 0 Å². The van der Waals surface area contributed by atoms with Crippen molar-refractivity contribution in [1.29, 1.82) is 0 Å². The molecule has 7 heteroatoms. The molecule has 33 heavy (non-hydrogen) atoms. The minimum Gasteiger partial charge on any atom is -0.488 e. The Morgan fingerprint density at radius 2 is 1.82 bits per heavy atom. The highest BCUT2D eigenvalue weighted by atomic mass is 19.1. The minimum atomic E-state index is -0.541. The molecule has 1 aliphatic rings. The Hall–Kier alpha value is -3.45. The zero-order valence-electron chi connectivity index (χ0n) is 18.8. The fourth-order valence-corrected chi connectivity index (χ4v) is 4.16. The highest BCUT2D eigenvalue weighted by molar-refractivity contribution is 5.93. The van der Waals surface area contributed by atoms with Crippen molar-refractivity contribution in [2.24, 2.45) is 0 Å². The second kappa shape index (κ2) is 10.0. The second-order valence-electron chi connectivity index (χ2n) is 8.18. The van der Waals surface area contributed by atoms with Gasteiger partial charge in [0, 0.05) is 44.4 Å². The Morgan fingerprint density at radius 3 is 2.55 bits per heavy atom. The largest absolute Gasteiger partial charge is 0.488 e. The molecule has 172 valence electrons. The Morgan fingerprint density at radius 1 is 1.06 bits per heavy atom. The first kappa shape index (κ1) is 22.7. The molecule has 0 fully saturated rings. The van der Waals surface area contributed by atoms with Gasteiger partial charge in [-0.05, 0) is 35.7 Å². The molecule has 0 atom stereocenters. The van der Waals surface area contributed by atoms with Crippen LogP contribution in [-0.4, -0.2) is 35.6 Å². The van der Waals surface area contributed by atoms with Crippen LogP contribution >= 0.6 is 0 Å². The van der Waals surface area contributed by atoms with Gasteiger partial charge in [-0.15, -0.1) is 0 Å². The van der Waals surface area contributed by atoms with Gasteiger partial charge in [0.2, 0.25) is 0 Å². The quantitative estimate of drug-likeness (QED) is 0.536. The van der Waals surface area contributed by atoms with Crippen LogP contribution in [0.1, 0.15) is 32.7 Å². The van der Waals surface area contributed by atoms with E-state index in [0.717, 1.165) is 12.1 Å². The highest BCUT2D eigenvalue weighted by Gasteiger charge is 2.26. The van der Waals surface area contributed by atoms with E-state index in [0.29, 0.717) is 31.7 Å². The molecule has 0 saturated carbocycles. The van der Waals surface area contributed by atoms with E-state index in [1.54, 1.807) is 16.7 Å². The molecule has 1 aromatic heterocycles. The number of methoxy groups -OCH3 is 1. The van der Waals surface area contributed by atoms with Gasteiger partial charge in [0.05, 0.1) is 7.11 Å². The predicted molar refractivity (Wildman–Crippen MR) is 123 cm³/mol. The topological polar surface area (TPSA) is 60.8 Å². The van der Waals surface area contributed by atoms with Gasteiger partial charge in [-0.2, -0.15) is 0 Å². The van der Waals surface area contributed by atoms with Crippen molar-refractivity contribution >= 4 is 5.97 Å². The molecule has 4 rings (SSSR count). The number of aryl methyl sites for hydroxylation is 1. The van der Waals surface area contributed by atoms with Crippen molar-refractivity contribution in [2.75, 3.05) is 20.2 Å². The van der Waals surface area contributed by atoms with Crippen LogP contribution in [0, 0.1) is 12.7 Å². The molecule has 0 bridgehead atoms. The number of carbonyl (C=O) groups is 1. The van der Waals surface area contributed by atoms with Crippen molar-refractivity contribution in [3.8, 4) is 5.75 Å². The van der Waals surface area contributed by atoms with E-state index in [-0.39, 0.29) is 29.3 Å². The highest BCUT2D eigenvalue weighted by Crippen LogP contribution is 2.25. The van der Waals surface area contributed by atoms with E-state index in [9.17, 15) is 14.0 Å². The van der Waals surface area contributed by atoms with Crippen molar-refractivity contribution in [2.45, 2.75) is 33.0 Å². The molecule has 0 unspecified atom stereocenters. The number of fused-ring (bicyclic) bond motifs is 1. The van der Waals surface area contributed by atoms with Gasteiger partial charge in [-0.25, -0.2) is 9.18 Å². The van der Waals surface area contributed by atoms with Gasteiger partial charge in [-0.1, -0.05) is 36.4 Å². The maximum atomic E-state index is 13.2. The Labute approximate surface area is 192 Å². The number of carbonyl (C=O) groups excluding carboxylic acids is 1. The van der Waals surface area contributed by atoms with E-state index < -0.39 is 5.97 Å². The smallest absolute Gasteiger partial charge is 0.343 e. The molecule has 0 N–H and O–H groups in total. The van der Waals surface area contributed by atoms with Gasteiger partial charge < -0.3 is 14.0 Å². The summed E-state index contributed by atoms with van der Waals surface area (Å²) in [5, 5.41) is 0. The summed E-state index contributed by atoms with van der Waals surface area (Å²) in [5.41, 5.74) is 3.87. The summed E-state index contributed by atoms with van der Waals surface area (Å²) in [5.74, 6) is -0.692. The number of aromatic nitrogens is 1. The van der Waals surface area contributed by atoms with E-state index in [1.807, 2.05) is 12.1 Å². The van der Waals surface area contributed by atoms with Crippen LogP contribution in [0.2, 0.25) is 0 Å². The predicted octanol–water partition coefficient (Wildman–Crippen LogP) is 3.72. The van der Waals surface area contributed by atoms with E-state index in [1.165, 1.54) is 36.4 Å². The van der Waals surface area contributed by atoms with Crippen LogP contribution < -0.4 is 10.3 Å². The van der Waals surface area contributed by atoms with Gasteiger partial charge in [0.25, 0.3) is 5.56 Å². The van der Waals surface area contributed by atoms with Gasteiger partial charge >= 0.3 is 5.97 Å². The third-order valence-corrected chi connectivity index (χ3v) is 6.04. The Kier molecular flexibility index (Phi) is 6.89. The lowest BCUT2D eigenvalue weighted by Crippen LogP contribution is -2.29. The van der Waals surface area contributed by atoms with Crippen LogP contribution in [0.5, 0.6) is 5.75 Å². The molecular weight excluding hydrogens is 423 g/mol. The molecule has 2 aromatic carbocycles. The van der Waals surface area contributed by atoms with Gasteiger partial charge in [-0.3, -0.25) is 9.69 Å². The SMILES string of the molecule is COC(=O)c1c(OCc2ccc(F)cc2)cc(=O)n2c1CCN(Cc1ccccc1C)CC2. The van der Waals surface area contributed by atoms with E-state index >= 15 is 0 Å². The number of hydrogen-bond donors (Lipinski definition) is 0. The van der Waals surface area contributed by atoms with Crippen molar-refractivity contribution in [3.05, 3.63) is 98.7 Å². The molecule has 1 aliphatic heterocycles. The third kappa shape index (κ3) is 5.14. The number of pyridine rings is 1. The fourth-order valence-electron chi connectivity index (χ4n) is 4.16. The normalized spacial score (nSPS) is 13.8. The molecule has 0 radical (unpaired) electrons. The maximum Gasteiger partial charge on any atom is 0.343 e. The summed E-state index contributed by atoms with van der Waals surface area (Å²) in [6.45, 7) is 4.83. The van der Waals surface area contributed by atoms with Crippen molar-refractivity contribution in [1.82, 2.24) is 9.47 Å². The van der Waals surface area contributed by atoms with Crippen LogP contribution in [0.25, 0.3) is 0 Å². The van der Waals surface area contributed by atoms with Crippen LogP contribution in [0.15, 0.2) is 59.4 Å². The van der Waals surface area contributed by atoms with Gasteiger partial charge in [0.1, 0.15) is 23.7 Å². The summed E-state index contributed by atoms with van der Waals surface area (Å²) < 4.78 is 25.7. The Balaban J connectivity index is 1.61. The number of benzene rings is 2. The lowest BCUT2D eigenvalue weighted by Gasteiger charge is -2.20. The number of esters is 1. The Bertz CT molecular complexity index is 1200. The first-order valence-electron chi connectivity index (χ1n) is 11.0. The fraction of sp³-hybridized carbons (Fsp3) is 0.308. The molecule has 2 heterocycles. The molecular formula is C26H27FN2O4. The number of rotatable bonds is 6. The summed E-state index contributed by atoms with van der Waals surface area (Å²) in [7, 11) is 1.31. The number of halogens is 1. The summed E-state index contributed by atoms with van der Waals surface area (Å²) in [6, 6.07) is 15.5. The molecule has 0 aliphatic carbocycles. The lowest BCUT2D eigenvalue weighted by molar-refractivity contribution is 0.0592. The lowest BCUT2D eigenvalue weighted by atomic mass is 10.1. The van der Waals surface area contributed by atoms with E-state index in [4.69, 9.17) is 9.47 Å². The molecule has 0 amide bonds. The van der Waals surface area contributed by atoms with Crippen molar-refractivity contribution < 1.29 is 18.7 Å². The number of nitrogens with zero attached hydrogens (tertiary/aromatic N) is 2. The molecule has 0 spiro atoms. The number of ether oxygens (including phenoxy) is 2. The molecule has 3 aromatic rings. The monoisotopic (exact) mass is 450 g/mol. The van der Waals surface area contributed by atoms with Crippen LogP contribution in [0.4, 0.5) is 4.39 Å². The summed E-state index contributed by atoms with van der Waals surface area (Å²) in [4.78, 5) is 27.9. The first-order chi connectivity index (χ1) is 16.0. The van der Waals surface area contributed by atoms with E-state index in [2.05, 4.69) is 24.0 Å². The molecule has 6 nitrogen and oxygen atoms in total.